The van der Waals surface area contributed by atoms with Crippen molar-refractivity contribution in [2.24, 2.45) is 0 Å². The SMILES string of the molecule is [CH3][Ge]([CH3])[c]1ccc(N(c2ccc(/C=C/c3ccccc3)cc2)c2ccc3ccc4c(N(c5ccc(/C=C/c6ccccc6)cc5)c5cc[c]([Ge]([CH3])([CH3])[CH3])cc5)ccc5ccc2c3c54)cc1. The van der Waals surface area contributed by atoms with Gasteiger partial charge in [0.25, 0.3) is 0 Å². The average molecular weight is 959 g/mol. The molecule has 0 spiro atoms. The van der Waals surface area contributed by atoms with E-state index in [2.05, 4.69) is 269 Å². The summed E-state index contributed by atoms with van der Waals surface area (Å²) in [6.45, 7) is 0. The molecular weight excluding hydrogens is 906 g/mol. The first-order chi connectivity index (χ1) is 31.7. The van der Waals surface area contributed by atoms with Crippen LogP contribution in [0.5, 0.6) is 0 Å². The minimum atomic E-state index is -2.05. The van der Waals surface area contributed by atoms with Crippen molar-refractivity contribution in [2.45, 2.75) is 28.8 Å². The number of rotatable bonds is 12. The molecule has 2 nitrogen and oxygen atoms in total. The first-order valence-electron chi connectivity index (χ1n) is 22.7. The van der Waals surface area contributed by atoms with E-state index in [-0.39, 0.29) is 0 Å². The Morgan fingerprint density at radius 3 is 1.06 bits per heavy atom. The van der Waals surface area contributed by atoms with Gasteiger partial charge in [-0.25, -0.2) is 0 Å². The third-order valence-corrected chi connectivity index (χ3v) is 20.1. The number of anilines is 6. The Balaban J connectivity index is 1.11. The summed E-state index contributed by atoms with van der Waals surface area (Å²) in [5, 5.41) is 7.53. The van der Waals surface area contributed by atoms with Crippen LogP contribution >= 0.6 is 0 Å². The molecule has 0 N–H and O–H groups in total. The molecule has 0 aliphatic rings. The van der Waals surface area contributed by atoms with Crippen molar-refractivity contribution in [1.82, 2.24) is 0 Å². The first-order valence-corrected chi connectivity index (χ1v) is 35.3. The van der Waals surface area contributed by atoms with E-state index in [4.69, 9.17) is 0 Å². The molecule has 4 heteroatoms. The van der Waals surface area contributed by atoms with Crippen LogP contribution in [0, 0.1) is 0 Å². The van der Waals surface area contributed by atoms with Gasteiger partial charge in [-0.05, 0) is 0 Å². The summed E-state index contributed by atoms with van der Waals surface area (Å²) in [6, 6.07) is 76.4. The number of nitrogens with zero attached hydrogens (tertiary/aromatic N) is 2. The molecular formula is C61H53Ge2N2. The Kier molecular flexibility index (Phi) is 11.8. The summed E-state index contributed by atoms with van der Waals surface area (Å²) in [7, 11) is 0. The molecule has 10 aromatic rings. The van der Waals surface area contributed by atoms with E-state index >= 15 is 0 Å². The molecule has 65 heavy (non-hydrogen) atoms. The Morgan fingerprint density at radius 1 is 0.354 bits per heavy atom. The van der Waals surface area contributed by atoms with Gasteiger partial charge in [0.15, 0.2) is 0 Å². The third kappa shape index (κ3) is 8.81. The van der Waals surface area contributed by atoms with Gasteiger partial charge in [-0.15, -0.1) is 0 Å². The maximum atomic E-state index is 2.47. The van der Waals surface area contributed by atoms with E-state index in [0.717, 1.165) is 22.7 Å². The topological polar surface area (TPSA) is 6.48 Å². The standard InChI is InChI=1S/C61H53Ge2N2/c1-62(2)50-28-36-54(37-29-50)64(52-32-20-46(21-33-52)18-16-44-12-8-6-9-13-44)58-42-26-48-25-41-57-59(43-27-49-24-40-56(58)60(48)61(49)57)65(55-38-30-51(31-39-55)63(3,4)5)53-34-22-47(23-35-53)19-17-45-14-10-7-11-15-45/h6-43H,1-5H3/b18-16+,19-17+. The van der Waals surface area contributed by atoms with Crippen molar-refractivity contribution in [3.8, 4) is 0 Å². The molecule has 10 rings (SSSR count). The quantitative estimate of drug-likeness (QED) is 0.0684. The van der Waals surface area contributed by atoms with Crippen LogP contribution in [0.1, 0.15) is 22.3 Å². The molecule has 0 unspecified atom stereocenters. The third-order valence-electron chi connectivity index (χ3n) is 12.6. The van der Waals surface area contributed by atoms with E-state index in [0.29, 0.717) is 0 Å². The molecule has 0 heterocycles. The van der Waals surface area contributed by atoms with E-state index in [1.54, 1.807) is 0 Å². The molecule has 0 aromatic heterocycles. The number of benzene rings is 10. The van der Waals surface area contributed by atoms with Crippen LogP contribution in [0.3, 0.4) is 0 Å². The minimum absolute atomic E-state index is 1.13. The monoisotopic (exact) mass is 961 g/mol. The van der Waals surface area contributed by atoms with Crippen LogP contribution in [0.2, 0.25) is 28.8 Å². The van der Waals surface area contributed by atoms with Gasteiger partial charge in [-0.3, -0.25) is 0 Å². The molecule has 10 aromatic carbocycles. The van der Waals surface area contributed by atoms with Crippen molar-refractivity contribution >= 4 is 127 Å². The summed E-state index contributed by atoms with van der Waals surface area (Å²) < 4.78 is 3.00. The Morgan fingerprint density at radius 2 is 0.692 bits per heavy atom. The van der Waals surface area contributed by atoms with Crippen molar-refractivity contribution < 1.29 is 0 Å². The molecule has 0 saturated carbocycles. The molecule has 0 bridgehead atoms. The summed E-state index contributed by atoms with van der Waals surface area (Å²) in [5.74, 6) is 12.2. The normalized spacial score (nSPS) is 12.1. The number of hydrogen-bond donors (Lipinski definition) is 0. The molecule has 0 aliphatic heterocycles. The van der Waals surface area contributed by atoms with Gasteiger partial charge in [-0.2, -0.15) is 0 Å². The first kappa shape index (κ1) is 42.4. The van der Waals surface area contributed by atoms with Crippen molar-refractivity contribution in [1.29, 1.82) is 0 Å². The van der Waals surface area contributed by atoms with E-state index in [1.807, 2.05) is 0 Å². The van der Waals surface area contributed by atoms with Crippen LogP contribution in [0.25, 0.3) is 56.6 Å². The van der Waals surface area contributed by atoms with Gasteiger partial charge in [-0.1, -0.05) is 60.7 Å². The van der Waals surface area contributed by atoms with Gasteiger partial charge in [0.1, 0.15) is 0 Å². The second kappa shape index (κ2) is 18.1. The molecule has 0 fully saturated rings. The van der Waals surface area contributed by atoms with E-state index in [1.165, 1.54) is 74.7 Å². The second-order valence-corrected chi connectivity index (χ2v) is 34.3. The van der Waals surface area contributed by atoms with Gasteiger partial charge < -0.3 is 0 Å². The van der Waals surface area contributed by atoms with Crippen molar-refractivity contribution in [3.05, 3.63) is 229 Å². The number of hydrogen-bond acceptors (Lipinski definition) is 2. The van der Waals surface area contributed by atoms with E-state index < -0.39 is 27.6 Å². The predicted molar refractivity (Wildman–Crippen MR) is 290 cm³/mol. The van der Waals surface area contributed by atoms with Crippen molar-refractivity contribution in [3.63, 3.8) is 0 Å². The Labute approximate surface area is 391 Å². The summed E-state index contributed by atoms with van der Waals surface area (Å²) >= 11 is -3.30. The molecule has 0 amide bonds. The van der Waals surface area contributed by atoms with Gasteiger partial charge in [0.2, 0.25) is 0 Å². The molecule has 0 saturated heterocycles. The fourth-order valence-electron chi connectivity index (χ4n) is 9.05. The molecule has 315 valence electrons. The summed E-state index contributed by atoms with van der Waals surface area (Å²) in [4.78, 5) is 4.91. The van der Waals surface area contributed by atoms with E-state index in [9.17, 15) is 0 Å². The second-order valence-electron chi connectivity index (χ2n) is 18.3. The van der Waals surface area contributed by atoms with Crippen LogP contribution in [0.15, 0.2) is 206 Å². The van der Waals surface area contributed by atoms with Crippen LogP contribution in [-0.2, 0) is 0 Å². The molecule has 0 atom stereocenters. The van der Waals surface area contributed by atoms with Crippen LogP contribution in [0.4, 0.5) is 34.1 Å². The summed E-state index contributed by atoms with van der Waals surface area (Å²) in [6.07, 6.45) is 8.76. The zero-order valence-electron chi connectivity index (χ0n) is 37.8. The zero-order valence-corrected chi connectivity index (χ0v) is 42.0. The maximum absolute atomic E-state index is 2.47. The van der Waals surface area contributed by atoms with Crippen LogP contribution < -0.4 is 18.6 Å². The fourth-order valence-corrected chi connectivity index (χ4v) is 13.2. The summed E-state index contributed by atoms with van der Waals surface area (Å²) in [5.41, 5.74) is 11.6. The van der Waals surface area contributed by atoms with Crippen molar-refractivity contribution in [2.75, 3.05) is 9.80 Å². The predicted octanol–water partition coefficient (Wildman–Crippen LogP) is 16.4. The Bertz CT molecular complexity index is 3280. The van der Waals surface area contributed by atoms with Crippen LogP contribution in [-0.4, -0.2) is 27.6 Å². The molecule has 0 aliphatic carbocycles. The Hall–Kier alpha value is -6.59. The van der Waals surface area contributed by atoms with Gasteiger partial charge in [0.05, 0.1) is 0 Å². The zero-order chi connectivity index (χ0) is 44.5. The average Bonchev–Trinajstić information content (AvgIpc) is 3.34. The fraction of sp³-hybridized carbons (Fsp3) is 0.0820. The molecule has 1 radical (unpaired) electrons. The van der Waals surface area contributed by atoms with Gasteiger partial charge >= 0.3 is 334 Å². The van der Waals surface area contributed by atoms with Gasteiger partial charge in [0, 0.05) is 0 Å².